The molecule has 138 valence electrons. The van der Waals surface area contributed by atoms with Crippen LogP contribution in [0.4, 0.5) is 4.79 Å². The van der Waals surface area contributed by atoms with Crippen molar-refractivity contribution in [2.45, 2.75) is 25.3 Å². The normalized spacial score (nSPS) is 17.0. The van der Waals surface area contributed by atoms with E-state index in [9.17, 15) is 9.59 Å². The second kappa shape index (κ2) is 8.46. The average Bonchev–Trinajstić information content (AvgIpc) is 3.14. The molecule has 2 amide bonds. The fourth-order valence-electron chi connectivity index (χ4n) is 3.23. The monoisotopic (exact) mass is 357 g/mol. The topological polar surface area (TPSA) is 89.4 Å². The van der Waals surface area contributed by atoms with Crippen LogP contribution in [0.25, 0.3) is 0 Å². The van der Waals surface area contributed by atoms with Crippen molar-refractivity contribution >= 4 is 12.0 Å². The van der Waals surface area contributed by atoms with Crippen molar-refractivity contribution in [3.63, 3.8) is 0 Å². The van der Waals surface area contributed by atoms with Gasteiger partial charge in [-0.25, -0.2) is 9.78 Å². The quantitative estimate of drug-likeness (QED) is 0.873. The number of amides is 2. The predicted molar refractivity (Wildman–Crippen MR) is 94.5 cm³/mol. The van der Waals surface area contributed by atoms with E-state index in [0.717, 1.165) is 24.4 Å². The summed E-state index contributed by atoms with van der Waals surface area (Å²) in [6.45, 7) is 1.90. The smallest absolute Gasteiger partial charge is 0.407 e. The Morgan fingerprint density at radius 1 is 1.31 bits per heavy atom. The molecule has 3 heterocycles. The number of aromatic nitrogens is 3. The molecule has 2 aromatic rings. The molecule has 0 radical (unpaired) electrons. The van der Waals surface area contributed by atoms with Crippen LogP contribution in [0.5, 0.6) is 0 Å². The third-order valence-electron chi connectivity index (χ3n) is 4.51. The van der Waals surface area contributed by atoms with Gasteiger partial charge in [0, 0.05) is 37.6 Å². The molecule has 2 aromatic heterocycles. The van der Waals surface area contributed by atoms with Crippen molar-refractivity contribution < 1.29 is 14.3 Å². The number of rotatable bonds is 5. The van der Waals surface area contributed by atoms with Gasteiger partial charge in [-0.05, 0) is 25.0 Å². The number of imidazole rings is 1. The number of hydrogen-bond donors (Lipinski definition) is 1. The van der Waals surface area contributed by atoms with E-state index in [-0.39, 0.29) is 18.4 Å². The zero-order valence-corrected chi connectivity index (χ0v) is 14.8. The van der Waals surface area contributed by atoms with Crippen molar-refractivity contribution in [2.24, 2.45) is 0 Å². The first-order valence-corrected chi connectivity index (χ1v) is 8.68. The maximum absolute atomic E-state index is 12.3. The van der Waals surface area contributed by atoms with E-state index in [1.807, 2.05) is 24.4 Å². The zero-order valence-electron chi connectivity index (χ0n) is 14.8. The van der Waals surface area contributed by atoms with Crippen LogP contribution in [0.3, 0.4) is 0 Å². The van der Waals surface area contributed by atoms with Crippen LogP contribution in [-0.4, -0.2) is 58.2 Å². The molecule has 1 fully saturated rings. The zero-order chi connectivity index (χ0) is 18.4. The maximum atomic E-state index is 12.3. The highest BCUT2D eigenvalue weighted by Crippen LogP contribution is 2.26. The lowest BCUT2D eigenvalue weighted by atomic mass is 9.97. The van der Waals surface area contributed by atoms with Crippen molar-refractivity contribution in [3.8, 4) is 0 Å². The van der Waals surface area contributed by atoms with Gasteiger partial charge in [-0.1, -0.05) is 6.07 Å². The molecule has 1 N–H and O–H groups in total. The number of hydrogen-bond acceptors (Lipinski definition) is 5. The number of carbonyl (C=O) groups is 2. The Kier molecular flexibility index (Phi) is 5.83. The molecule has 1 atom stereocenters. The van der Waals surface area contributed by atoms with Gasteiger partial charge in [0.2, 0.25) is 5.91 Å². The van der Waals surface area contributed by atoms with Crippen molar-refractivity contribution in [1.29, 1.82) is 0 Å². The minimum atomic E-state index is -0.599. The first kappa shape index (κ1) is 17.9. The van der Waals surface area contributed by atoms with Gasteiger partial charge in [0.05, 0.1) is 19.3 Å². The van der Waals surface area contributed by atoms with E-state index in [2.05, 4.69) is 24.6 Å². The highest BCUT2D eigenvalue weighted by molar-refractivity contribution is 5.82. The number of nitrogens with zero attached hydrogens (tertiary/aromatic N) is 4. The Morgan fingerprint density at radius 3 is 2.96 bits per heavy atom. The van der Waals surface area contributed by atoms with Crippen LogP contribution >= 0.6 is 0 Å². The van der Waals surface area contributed by atoms with Crippen LogP contribution in [-0.2, 0) is 16.1 Å². The Labute approximate surface area is 152 Å². The number of likely N-dealkylation sites (tertiary alicyclic amines) is 1. The summed E-state index contributed by atoms with van der Waals surface area (Å²) in [5, 5.41) is 2.44. The van der Waals surface area contributed by atoms with Gasteiger partial charge in [0.25, 0.3) is 0 Å². The second-order valence-electron chi connectivity index (χ2n) is 6.26. The summed E-state index contributed by atoms with van der Waals surface area (Å²) < 4.78 is 6.59. The summed E-state index contributed by atoms with van der Waals surface area (Å²) >= 11 is 0. The largest absolute Gasteiger partial charge is 0.453 e. The summed E-state index contributed by atoms with van der Waals surface area (Å²) in [4.78, 5) is 34.1. The molecule has 0 unspecified atom stereocenters. The number of methoxy groups -OCH3 is 1. The molecular weight excluding hydrogens is 334 g/mol. The highest BCUT2D eigenvalue weighted by atomic mass is 16.5. The van der Waals surface area contributed by atoms with Gasteiger partial charge in [0.15, 0.2) is 0 Å². The minimum Gasteiger partial charge on any atom is -0.453 e. The van der Waals surface area contributed by atoms with Gasteiger partial charge >= 0.3 is 6.09 Å². The molecule has 3 rings (SSSR count). The number of piperidine rings is 1. The first-order chi connectivity index (χ1) is 12.7. The lowest BCUT2D eigenvalue weighted by Gasteiger charge is -2.32. The van der Waals surface area contributed by atoms with E-state index in [4.69, 9.17) is 0 Å². The van der Waals surface area contributed by atoms with Gasteiger partial charge in [-0.2, -0.15) is 0 Å². The molecule has 8 nitrogen and oxygen atoms in total. The standard InChI is InChI=1S/C18H23N5O3/c1-26-18(25)21-11-16(24)22-9-4-5-14(12-22)17-20-8-10-23(17)13-15-6-2-3-7-19-15/h2-3,6-8,10,14H,4-5,9,11-13H2,1H3,(H,21,25)/t14-/m0/s1. The first-order valence-electron chi connectivity index (χ1n) is 8.68. The molecule has 0 bridgehead atoms. The Balaban J connectivity index is 1.64. The summed E-state index contributed by atoms with van der Waals surface area (Å²) in [7, 11) is 1.28. The molecule has 1 aliphatic rings. The minimum absolute atomic E-state index is 0.0538. The lowest BCUT2D eigenvalue weighted by Crippen LogP contribution is -2.44. The van der Waals surface area contributed by atoms with Gasteiger partial charge in [-0.15, -0.1) is 0 Å². The number of pyridine rings is 1. The van der Waals surface area contributed by atoms with E-state index in [0.29, 0.717) is 19.6 Å². The molecule has 1 aliphatic heterocycles. The Morgan fingerprint density at radius 2 is 2.19 bits per heavy atom. The number of alkyl carbamates (subject to hydrolysis) is 1. The van der Waals surface area contributed by atoms with Crippen LogP contribution < -0.4 is 5.32 Å². The summed E-state index contributed by atoms with van der Waals surface area (Å²) in [5.74, 6) is 1.03. The van der Waals surface area contributed by atoms with E-state index < -0.39 is 6.09 Å². The highest BCUT2D eigenvalue weighted by Gasteiger charge is 2.27. The molecule has 1 saturated heterocycles. The lowest BCUT2D eigenvalue weighted by molar-refractivity contribution is -0.131. The Bertz CT molecular complexity index is 746. The fraction of sp³-hybridized carbons (Fsp3) is 0.444. The summed E-state index contributed by atoms with van der Waals surface area (Å²) in [5.41, 5.74) is 0.970. The van der Waals surface area contributed by atoms with Gasteiger partial charge < -0.3 is 19.5 Å². The van der Waals surface area contributed by atoms with Crippen LogP contribution in [0.2, 0.25) is 0 Å². The van der Waals surface area contributed by atoms with Crippen LogP contribution in [0.1, 0.15) is 30.3 Å². The molecule has 0 aliphatic carbocycles. The van der Waals surface area contributed by atoms with Crippen molar-refractivity contribution in [1.82, 2.24) is 24.8 Å². The number of carbonyl (C=O) groups excluding carboxylic acids is 2. The second-order valence-corrected chi connectivity index (χ2v) is 6.26. The molecule has 0 spiro atoms. The number of ether oxygens (including phenoxy) is 1. The van der Waals surface area contributed by atoms with Crippen LogP contribution in [0.15, 0.2) is 36.8 Å². The SMILES string of the molecule is COC(=O)NCC(=O)N1CCC[C@H](c2nccn2Cc2ccccn2)C1. The van der Waals surface area contributed by atoms with E-state index in [1.54, 1.807) is 17.3 Å². The van der Waals surface area contributed by atoms with Gasteiger partial charge in [0.1, 0.15) is 12.4 Å². The fourth-order valence-corrected chi connectivity index (χ4v) is 3.23. The van der Waals surface area contributed by atoms with E-state index in [1.165, 1.54) is 7.11 Å². The third-order valence-corrected chi connectivity index (χ3v) is 4.51. The van der Waals surface area contributed by atoms with E-state index >= 15 is 0 Å². The molecular formula is C18H23N5O3. The predicted octanol–water partition coefficient (Wildman–Crippen LogP) is 1.39. The Hall–Kier alpha value is -2.90. The average molecular weight is 357 g/mol. The molecule has 26 heavy (non-hydrogen) atoms. The third kappa shape index (κ3) is 4.38. The molecule has 0 aromatic carbocycles. The number of nitrogens with one attached hydrogen (secondary N) is 1. The van der Waals surface area contributed by atoms with Crippen LogP contribution in [0, 0.1) is 0 Å². The summed E-state index contributed by atoms with van der Waals surface area (Å²) in [6, 6.07) is 5.85. The molecule has 8 heteroatoms. The molecule has 0 saturated carbocycles. The van der Waals surface area contributed by atoms with Gasteiger partial charge in [-0.3, -0.25) is 9.78 Å². The summed E-state index contributed by atoms with van der Waals surface area (Å²) in [6.07, 6.45) is 6.80. The van der Waals surface area contributed by atoms with Crippen molar-refractivity contribution in [2.75, 3.05) is 26.7 Å². The maximum Gasteiger partial charge on any atom is 0.407 e. The van der Waals surface area contributed by atoms with Crippen molar-refractivity contribution in [3.05, 3.63) is 48.3 Å².